The molecule has 48 heavy (non-hydrogen) atoms. The molecule has 3 aromatic heterocycles. The fourth-order valence-corrected chi connectivity index (χ4v) is 9.40. The van der Waals surface area contributed by atoms with Gasteiger partial charge in [-0.2, -0.15) is 0 Å². The Morgan fingerprint density at radius 2 is 1.58 bits per heavy atom. The fraction of sp³-hybridized carbons (Fsp3) is 0.209. The van der Waals surface area contributed by atoms with Gasteiger partial charge in [0.2, 0.25) is 0 Å². The predicted octanol–water partition coefficient (Wildman–Crippen LogP) is 11.3. The molecule has 0 fully saturated rings. The number of fused-ring (bicyclic) bond motifs is 3. The second kappa shape index (κ2) is 14.7. The molecule has 3 heterocycles. The van der Waals surface area contributed by atoms with Crippen LogP contribution in [0.3, 0.4) is 0 Å². The second-order valence-electron chi connectivity index (χ2n) is 13.0. The van der Waals surface area contributed by atoms with E-state index in [2.05, 4.69) is 76.6 Å². The molecule has 0 saturated heterocycles. The number of nitrogens with zero attached hydrogens (tertiary/aromatic N) is 2. The van der Waals surface area contributed by atoms with E-state index in [0.717, 1.165) is 38.7 Å². The minimum Gasteiger partial charge on any atom is -0.501 e. The van der Waals surface area contributed by atoms with Gasteiger partial charge < -0.3 is 9.40 Å². The van der Waals surface area contributed by atoms with Gasteiger partial charge in [-0.3, -0.25) is 0 Å². The molecule has 0 bridgehead atoms. The first-order valence-corrected chi connectivity index (χ1v) is 23.0. The van der Waals surface area contributed by atoms with Crippen molar-refractivity contribution in [3.63, 3.8) is 0 Å². The summed E-state index contributed by atoms with van der Waals surface area (Å²) >= 11 is -1.89. The fourth-order valence-electron chi connectivity index (χ4n) is 5.82. The SMILES string of the molecule is [2H]C([2H])([2H])c1c[c-]c(-c2cc(C)[c]([Ge]([CH3])([CH3])[CH3])cn2)cc1.[2H]C([2H])([2H])c1cnc(-c2[c-]ccc3c2oc2cc(-c4ccccc4)ccc23)cc1C([2H])(C)C.[Ir]. The van der Waals surface area contributed by atoms with Gasteiger partial charge in [-0.15, -0.1) is 18.2 Å². The Morgan fingerprint density at radius 1 is 0.792 bits per heavy atom. The van der Waals surface area contributed by atoms with E-state index in [1.54, 1.807) is 32.0 Å². The molecule has 3 nitrogen and oxygen atoms in total. The standard InChI is InChI=1S/C27H22NO.C16H20GeN.Ir/c1-17(2)24-15-25(28-16-18(24)3)23-11-7-10-22-21-13-12-20(14-26(21)29-27(22)23)19-8-5-4-6-9-19;1-12-6-8-14(9-7-12)16-10-13(2)15(11-18-16)17(3,4)5;/h4-10,12-17H,1-3H3;6-8,10-11H,1-5H3;/q2*-1;/i3D3,17D;1D3;. The first-order chi connectivity index (χ1) is 25.2. The summed E-state index contributed by atoms with van der Waals surface area (Å²) in [5, 5.41) is 1.92. The van der Waals surface area contributed by atoms with E-state index >= 15 is 0 Å². The van der Waals surface area contributed by atoms with Crippen molar-refractivity contribution in [1.82, 2.24) is 9.97 Å². The molecule has 245 valence electrons. The molecular weight excluding hydrogens is 825 g/mol. The van der Waals surface area contributed by atoms with Crippen LogP contribution in [0.4, 0.5) is 0 Å². The van der Waals surface area contributed by atoms with Crippen LogP contribution < -0.4 is 4.40 Å². The van der Waals surface area contributed by atoms with Crippen LogP contribution in [0.25, 0.3) is 55.6 Å². The maximum absolute atomic E-state index is 8.50. The third-order valence-electron chi connectivity index (χ3n) is 8.25. The van der Waals surface area contributed by atoms with E-state index in [1.807, 2.05) is 42.6 Å². The molecule has 7 aromatic rings. The third kappa shape index (κ3) is 7.57. The van der Waals surface area contributed by atoms with Crippen molar-refractivity contribution in [2.45, 2.75) is 57.6 Å². The second-order valence-corrected chi connectivity index (χ2v) is 23.6. The summed E-state index contributed by atoms with van der Waals surface area (Å²) in [6.07, 6.45) is 3.34. The summed E-state index contributed by atoms with van der Waals surface area (Å²) in [6, 6.07) is 35.0. The zero-order chi connectivity index (χ0) is 39.2. The van der Waals surface area contributed by atoms with Gasteiger partial charge in [-0.1, -0.05) is 73.3 Å². The summed E-state index contributed by atoms with van der Waals surface area (Å²) < 4.78 is 61.9. The van der Waals surface area contributed by atoms with Gasteiger partial charge in [0.1, 0.15) is 5.58 Å². The molecule has 0 aliphatic heterocycles. The largest absolute Gasteiger partial charge is 0.501 e. The molecule has 4 aromatic carbocycles. The van der Waals surface area contributed by atoms with Crippen molar-refractivity contribution in [2.24, 2.45) is 0 Å². The number of pyridine rings is 2. The number of aryl methyl sites for hydroxylation is 3. The van der Waals surface area contributed by atoms with E-state index in [4.69, 9.17) is 14.0 Å². The average molecular weight is 875 g/mol. The van der Waals surface area contributed by atoms with Crippen molar-refractivity contribution in [1.29, 1.82) is 0 Å². The van der Waals surface area contributed by atoms with Crippen molar-refractivity contribution in [2.75, 3.05) is 0 Å². The zero-order valence-electron chi connectivity index (χ0n) is 35.0. The Hall–Kier alpha value is -3.83. The van der Waals surface area contributed by atoms with Crippen molar-refractivity contribution in [3.05, 3.63) is 138 Å². The van der Waals surface area contributed by atoms with Crippen molar-refractivity contribution >= 4 is 39.6 Å². The molecule has 7 rings (SSSR count). The smallest absolute Gasteiger partial charge is 0.121 e. The molecule has 0 atom stereocenters. The number of benzene rings is 4. The third-order valence-corrected chi connectivity index (χ3v) is 12.7. The monoisotopic (exact) mass is 876 g/mol. The molecule has 5 heteroatoms. The van der Waals surface area contributed by atoms with Gasteiger partial charge in [-0.25, -0.2) is 0 Å². The number of furan rings is 1. The van der Waals surface area contributed by atoms with Gasteiger partial charge in [0.25, 0.3) is 0 Å². The number of aromatic nitrogens is 2. The summed E-state index contributed by atoms with van der Waals surface area (Å²) in [5.74, 6) is 5.94. The molecular formula is C43H42GeIrN2O-2. The van der Waals surface area contributed by atoms with E-state index in [1.165, 1.54) is 22.2 Å². The Labute approximate surface area is 311 Å². The summed E-state index contributed by atoms with van der Waals surface area (Å²) in [5.41, 5.74) is 8.51. The summed E-state index contributed by atoms with van der Waals surface area (Å²) in [6.45, 7) is 1.05. The molecule has 1 radical (unpaired) electrons. The average Bonchev–Trinajstić information content (AvgIpc) is 3.49. The van der Waals surface area contributed by atoms with E-state index in [-0.39, 0.29) is 25.7 Å². The van der Waals surface area contributed by atoms with E-state index in [0.29, 0.717) is 28.0 Å². The molecule has 0 amide bonds. The minimum atomic E-state index is -2.35. The topological polar surface area (TPSA) is 38.9 Å². The number of hydrogen-bond acceptors (Lipinski definition) is 3. The normalized spacial score (nSPS) is 14.2. The Morgan fingerprint density at radius 3 is 2.25 bits per heavy atom. The van der Waals surface area contributed by atoms with Gasteiger partial charge in [0.05, 0.1) is 5.58 Å². The van der Waals surface area contributed by atoms with Crippen molar-refractivity contribution < 1.29 is 34.1 Å². The van der Waals surface area contributed by atoms with Crippen LogP contribution in [0, 0.1) is 32.8 Å². The Balaban J connectivity index is 0.000000229. The van der Waals surface area contributed by atoms with E-state index < -0.39 is 32.9 Å². The van der Waals surface area contributed by atoms with Crippen LogP contribution in [0.1, 0.15) is 51.6 Å². The number of rotatable bonds is 5. The van der Waals surface area contributed by atoms with Crippen LogP contribution in [0.5, 0.6) is 0 Å². The molecule has 0 N–H and O–H groups in total. The summed E-state index contributed by atoms with van der Waals surface area (Å²) in [4.78, 5) is 8.98. The van der Waals surface area contributed by atoms with Gasteiger partial charge in [-0.05, 0) is 46.8 Å². The molecule has 0 unspecified atom stereocenters. The van der Waals surface area contributed by atoms with E-state index in [9.17, 15) is 0 Å². The summed E-state index contributed by atoms with van der Waals surface area (Å²) in [7, 11) is 0. The maximum atomic E-state index is 8.50. The molecule has 0 aliphatic carbocycles. The van der Waals surface area contributed by atoms with Crippen LogP contribution in [-0.2, 0) is 20.1 Å². The van der Waals surface area contributed by atoms with Gasteiger partial charge in [0.15, 0.2) is 0 Å². The van der Waals surface area contributed by atoms with Gasteiger partial charge in [0, 0.05) is 37.2 Å². The quantitative estimate of drug-likeness (QED) is 0.128. The molecule has 0 spiro atoms. The van der Waals surface area contributed by atoms with Crippen LogP contribution >= 0.6 is 0 Å². The maximum Gasteiger partial charge on any atom is 0.121 e. The van der Waals surface area contributed by atoms with Crippen LogP contribution in [0.2, 0.25) is 17.3 Å². The molecule has 0 aliphatic rings. The van der Waals surface area contributed by atoms with Crippen molar-refractivity contribution in [3.8, 4) is 33.6 Å². The van der Waals surface area contributed by atoms with Gasteiger partial charge >= 0.3 is 117 Å². The van der Waals surface area contributed by atoms with Crippen LogP contribution in [0.15, 0.2) is 108 Å². The minimum absolute atomic E-state index is 0. The molecule has 0 saturated carbocycles. The Kier molecular flexibility index (Phi) is 8.31. The predicted molar refractivity (Wildman–Crippen MR) is 201 cm³/mol. The Bertz CT molecular complexity index is 2450. The zero-order valence-corrected chi connectivity index (χ0v) is 32.4. The first kappa shape index (κ1) is 27.0. The number of hydrogen-bond donors (Lipinski definition) is 0. The van der Waals surface area contributed by atoms with Crippen LogP contribution in [-0.4, -0.2) is 23.2 Å². The first-order valence-electron chi connectivity index (χ1n) is 19.2.